The van der Waals surface area contributed by atoms with E-state index in [1.165, 1.54) is 28.1 Å². The van der Waals surface area contributed by atoms with E-state index in [0.717, 1.165) is 31.5 Å². The number of rotatable bonds is 5. The van der Waals surface area contributed by atoms with E-state index in [9.17, 15) is 0 Å². The highest BCUT2D eigenvalue weighted by molar-refractivity contribution is 5.34. The lowest BCUT2D eigenvalue weighted by Gasteiger charge is -2.08. The first-order valence-electron chi connectivity index (χ1n) is 7.27. The van der Waals surface area contributed by atoms with Crippen molar-refractivity contribution in [3.05, 3.63) is 52.1 Å². The minimum Gasteiger partial charge on any atom is -0.346 e. The zero-order valence-electron chi connectivity index (χ0n) is 12.5. The molecule has 0 bridgehead atoms. The van der Waals surface area contributed by atoms with E-state index >= 15 is 0 Å². The number of nitrogens with one attached hydrogen (secondary N) is 1. The number of aromatic nitrogens is 2. The van der Waals surface area contributed by atoms with Gasteiger partial charge in [0, 0.05) is 12.1 Å². The van der Waals surface area contributed by atoms with E-state index in [0.29, 0.717) is 0 Å². The van der Waals surface area contributed by atoms with Gasteiger partial charge in [-0.15, -0.1) is 0 Å². The molecule has 0 saturated heterocycles. The Kier molecular flexibility index (Phi) is 4.41. The Labute approximate surface area is 116 Å². The summed E-state index contributed by atoms with van der Waals surface area (Å²) in [5.41, 5.74) is 6.78. The minimum absolute atomic E-state index is 0.999. The van der Waals surface area contributed by atoms with Crippen LogP contribution in [-0.4, -0.2) is 9.97 Å². The van der Waals surface area contributed by atoms with Gasteiger partial charge in [0.15, 0.2) is 0 Å². The molecule has 1 aromatic heterocycles. The van der Waals surface area contributed by atoms with Crippen LogP contribution in [0.3, 0.4) is 0 Å². The summed E-state index contributed by atoms with van der Waals surface area (Å²) in [7, 11) is 0. The van der Waals surface area contributed by atoms with Crippen molar-refractivity contribution in [3.8, 4) is 0 Å². The summed E-state index contributed by atoms with van der Waals surface area (Å²) in [6, 6.07) is 6.52. The molecule has 19 heavy (non-hydrogen) atoms. The Morgan fingerprint density at radius 1 is 1.00 bits per heavy atom. The summed E-state index contributed by atoms with van der Waals surface area (Å²) in [5, 5.41) is 0. The summed E-state index contributed by atoms with van der Waals surface area (Å²) in [5.74, 6) is 1.14. The maximum absolute atomic E-state index is 4.72. The monoisotopic (exact) mass is 256 g/mol. The zero-order valence-corrected chi connectivity index (χ0v) is 12.5. The van der Waals surface area contributed by atoms with Gasteiger partial charge in [0.1, 0.15) is 5.82 Å². The van der Waals surface area contributed by atoms with E-state index in [-0.39, 0.29) is 0 Å². The van der Waals surface area contributed by atoms with Crippen LogP contribution in [0, 0.1) is 13.8 Å². The van der Waals surface area contributed by atoms with Crippen molar-refractivity contribution in [1.29, 1.82) is 0 Å². The summed E-state index contributed by atoms with van der Waals surface area (Å²) in [6.07, 6.45) is 4.12. The summed E-state index contributed by atoms with van der Waals surface area (Å²) in [6.45, 7) is 8.74. The fourth-order valence-corrected chi connectivity index (χ4v) is 2.69. The third-order valence-corrected chi connectivity index (χ3v) is 3.86. The van der Waals surface area contributed by atoms with Crippen molar-refractivity contribution in [2.45, 2.75) is 53.4 Å². The van der Waals surface area contributed by atoms with Crippen LogP contribution in [0.1, 0.15) is 47.8 Å². The number of hydrogen-bond acceptors (Lipinski definition) is 1. The lowest BCUT2D eigenvalue weighted by atomic mass is 9.99. The molecule has 0 radical (unpaired) electrons. The van der Waals surface area contributed by atoms with Gasteiger partial charge < -0.3 is 4.98 Å². The molecule has 0 fully saturated rings. The van der Waals surface area contributed by atoms with Crippen LogP contribution >= 0.6 is 0 Å². The predicted octanol–water partition coefficient (Wildman–Crippen LogP) is 3.94. The van der Waals surface area contributed by atoms with E-state index in [4.69, 9.17) is 4.98 Å². The molecular weight excluding hydrogens is 232 g/mol. The number of aryl methyl sites for hydroxylation is 5. The number of nitrogens with zero attached hydrogens (tertiary/aromatic N) is 1. The van der Waals surface area contributed by atoms with Crippen LogP contribution in [-0.2, 0) is 25.7 Å². The lowest BCUT2D eigenvalue weighted by molar-refractivity contribution is 0.861. The number of hydrogen-bond donors (Lipinski definition) is 1. The molecule has 0 saturated carbocycles. The van der Waals surface area contributed by atoms with Crippen LogP contribution in [0.15, 0.2) is 18.2 Å². The fourth-order valence-electron chi connectivity index (χ4n) is 2.69. The zero-order chi connectivity index (χ0) is 13.8. The number of imidazole rings is 1. The van der Waals surface area contributed by atoms with Crippen LogP contribution in [0.25, 0.3) is 0 Å². The highest BCUT2D eigenvalue weighted by Crippen LogP contribution is 2.16. The molecule has 0 amide bonds. The molecule has 2 heteroatoms. The van der Waals surface area contributed by atoms with Crippen molar-refractivity contribution >= 4 is 0 Å². The fraction of sp³-hybridized carbons (Fsp3) is 0.471. The van der Waals surface area contributed by atoms with Gasteiger partial charge in [-0.25, -0.2) is 4.98 Å². The van der Waals surface area contributed by atoms with Crippen LogP contribution in [0.2, 0.25) is 0 Å². The van der Waals surface area contributed by atoms with E-state index in [2.05, 4.69) is 50.9 Å². The first-order valence-corrected chi connectivity index (χ1v) is 7.27. The summed E-state index contributed by atoms with van der Waals surface area (Å²) >= 11 is 0. The molecule has 2 aromatic rings. The van der Waals surface area contributed by atoms with Gasteiger partial charge in [-0.05, 0) is 49.8 Å². The Bertz CT molecular complexity index is 511. The Balaban J connectivity index is 2.12. The molecule has 0 aliphatic heterocycles. The highest BCUT2D eigenvalue weighted by Gasteiger charge is 2.08. The van der Waals surface area contributed by atoms with Crippen molar-refractivity contribution in [1.82, 2.24) is 9.97 Å². The van der Waals surface area contributed by atoms with Gasteiger partial charge in [0.2, 0.25) is 0 Å². The molecule has 2 rings (SSSR count). The molecule has 0 aliphatic rings. The SMILES string of the molecule is CCc1nc(CCc2c(C)cccc2C)[nH]c1CC. The van der Waals surface area contributed by atoms with Crippen molar-refractivity contribution in [2.24, 2.45) is 0 Å². The van der Waals surface area contributed by atoms with Crippen LogP contribution in [0.4, 0.5) is 0 Å². The second-order valence-corrected chi connectivity index (χ2v) is 5.19. The van der Waals surface area contributed by atoms with Gasteiger partial charge >= 0.3 is 0 Å². The largest absolute Gasteiger partial charge is 0.346 e. The van der Waals surface area contributed by atoms with E-state index < -0.39 is 0 Å². The van der Waals surface area contributed by atoms with Crippen LogP contribution < -0.4 is 0 Å². The van der Waals surface area contributed by atoms with Crippen molar-refractivity contribution < 1.29 is 0 Å². The van der Waals surface area contributed by atoms with Gasteiger partial charge in [0.05, 0.1) is 5.69 Å². The second kappa shape index (κ2) is 6.05. The third-order valence-electron chi connectivity index (χ3n) is 3.86. The first kappa shape index (κ1) is 13.9. The number of benzene rings is 1. The average Bonchev–Trinajstić information content (AvgIpc) is 2.80. The predicted molar refractivity (Wildman–Crippen MR) is 80.7 cm³/mol. The van der Waals surface area contributed by atoms with Crippen molar-refractivity contribution in [2.75, 3.05) is 0 Å². The topological polar surface area (TPSA) is 28.7 Å². The smallest absolute Gasteiger partial charge is 0.106 e. The molecular formula is C17H24N2. The van der Waals surface area contributed by atoms with Crippen LogP contribution in [0.5, 0.6) is 0 Å². The first-order chi connectivity index (χ1) is 9.15. The van der Waals surface area contributed by atoms with E-state index in [1.807, 2.05) is 0 Å². The maximum atomic E-state index is 4.72. The molecule has 1 aromatic carbocycles. The Hall–Kier alpha value is -1.57. The van der Waals surface area contributed by atoms with Gasteiger partial charge in [-0.2, -0.15) is 0 Å². The molecule has 1 heterocycles. The van der Waals surface area contributed by atoms with E-state index in [1.54, 1.807) is 0 Å². The second-order valence-electron chi connectivity index (χ2n) is 5.19. The van der Waals surface area contributed by atoms with Gasteiger partial charge in [-0.1, -0.05) is 32.0 Å². The maximum Gasteiger partial charge on any atom is 0.106 e. The number of H-pyrrole nitrogens is 1. The quantitative estimate of drug-likeness (QED) is 0.862. The van der Waals surface area contributed by atoms with Gasteiger partial charge in [-0.3, -0.25) is 0 Å². The standard InChI is InChI=1S/C17H24N2/c1-5-15-16(6-2)19-17(18-15)11-10-14-12(3)8-7-9-13(14)4/h7-9H,5-6,10-11H2,1-4H3,(H,18,19). The molecule has 102 valence electrons. The summed E-state index contributed by atoms with van der Waals surface area (Å²) in [4.78, 5) is 8.20. The minimum atomic E-state index is 0.999. The molecule has 0 atom stereocenters. The Morgan fingerprint density at radius 2 is 1.68 bits per heavy atom. The Morgan fingerprint density at radius 3 is 2.21 bits per heavy atom. The normalized spacial score (nSPS) is 10.9. The molecule has 0 aliphatic carbocycles. The molecule has 1 N–H and O–H groups in total. The molecule has 0 spiro atoms. The lowest BCUT2D eigenvalue weighted by Crippen LogP contribution is -1.98. The van der Waals surface area contributed by atoms with Crippen molar-refractivity contribution in [3.63, 3.8) is 0 Å². The third kappa shape index (κ3) is 3.06. The highest BCUT2D eigenvalue weighted by atomic mass is 14.9. The van der Waals surface area contributed by atoms with Gasteiger partial charge in [0.25, 0.3) is 0 Å². The molecule has 0 unspecified atom stereocenters. The molecule has 2 nitrogen and oxygen atoms in total. The average molecular weight is 256 g/mol. The number of aromatic amines is 1. The summed E-state index contributed by atoms with van der Waals surface area (Å²) < 4.78 is 0.